The Labute approximate surface area is 192 Å². The zero-order chi connectivity index (χ0) is 20.8. The Bertz CT molecular complexity index is 1090. The van der Waals surface area contributed by atoms with Crippen molar-refractivity contribution in [3.05, 3.63) is 28.9 Å². The largest absolute Gasteiger partial charge is 0.320 e. The summed E-state index contributed by atoms with van der Waals surface area (Å²) in [5.74, 6) is 0.135. The van der Waals surface area contributed by atoms with Crippen molar-refractivity contribution in [3.8, 4) is 10.6 Å². The van der Waals surface area contributed by atoms with E-state index in [2.05, 4.69) is 20.5 Å². The first kappa shape index (κ1) is 19.8. The summed E-state index contributed by atoms with van der Waals surface area (Å²) in [4.78, 5) is 26.0. The van der Waals surface area contributed by atoms with Crippen molar-refractivity contribution >= 4 is 43.8 Å². The van der Waals surface area contributed by atoms with E-state index < -0.39 is 0 Å². The zero-order valence-electron chi connectivity index (χ0n) is 17.5. The van der Waals surface area contributed by atoms with Gasteiger partial charge in [0.2, 0.25) is 5.91 Å². The number of quaternary nitrogens is 1. The first-order chi connectivity index (χ1) is 15.2. The van der Waals surface area contributed by atoms with Gasteiger partial charge in [-0.1, -0.05) is 0 Å². The van der Waals surface area contributed by atoms with E-state index in [0.717, 1.165) is 56.3 Å². The number of nitrogens with zero attached hydrogens (tertiary/aromatic N) is 4. The standard InChI is InChI=1S/C22H26N6OS2.2H2/c29-19(3-9-28-10-6-27(7-11-28)8-12-28)26-22-20(15-1-4-24-14-18(15)31-22)21-25-16-13-23-5-2-17(16)30-21;;/h2,5,13,24H,1,3-4,6-12,14H2;2*1H/p+1. The van der Waals surface area contributed by atoms with E-state index in [1.165, 1.54) is 49.7 Å². The highest BCUT2D eigenvalue weighted by Gasteiger charge is 2.38. The molecule has 7 rings (SSSR count). The summed E-state index contributed by atoms with van der Waals surface area (Å²) in [5, 5.41) is 8.71. The van der Waals surface area contributed by atoms with Gasteiger partial charge in [-0.25, -0.2) is 4.98 Å². The van der Waals surface area contributed by atoms with Gasteiger partial charge in [0.25, 0.3) is 0 Å². The van der Waals surface area contributed by atoms with Crippen molar-refractivity contribution in [2.75, 3.05) is 57.7 Å². The molecule has 9 heteroatoms. The smallest absolute Gasteiger partial charge is 0.230 e. The summed E-state index contributed by atoms with van der Waals surface area (Å²) < 4.78 is 2.25. The average molecular weight is 460 g/mol. The number of hydrogen-bond donors (Lipinski definition) is 2. The number of amides is 1. The van der Waals surface area contributed by atoms with Crippen LogP contribution in [-0.4, -0.2) is 77.6 Å². The first-order valence-electron chi connectivity index (χ1n) is 11.1. The number of anilines is 1. The number of thiophene rings is 1. The minimum atomic E-state index is 0. The minimum Gasteiger partial charge on any atom is -0.320 e. The molecule has 2 N–H and O–H groups in total. The van der Waals surface area contributed by atoms with E-state index in [-0.39, 0.29) is 8.76 Å². The highest BCUT2D eigenvalue weighted by atomic mass is 32.1. The number of carbonyl (C=O) groups excluding carboxylic acids is 1. The summed E-state index contributed by atoms with van der Waals surface area (Å²) in [6.07, 6.45) is 5.19. The fourth-order valence-electron chi connectivity index (χ4n) is 5.13. The maximum Gasteiger partial charge on any atom is 0.230 e. The monoisotopic (exact) mass is 459 g/mol. The van der Waals surface area contributed by atoms with Gasteiger partial charge >= 0.3 is 0 Å². The van der Waals surface area contributed by atoms with Gasteiger partial charge in [0.15, 0.2) is 0 Å². The van der Waals surface area contributed by atoms with E-state index in [9.17, 15) is 4.79 Å². The summed E-state index contributed by atoms with van der Waals surface area (Å²) in [6, 6.07) is 2.02. The summed E-state index contributed by atoms with van der Waals surface area (Å²) >= 11 is 3.40. The SMILES string of the molecule is O=C(CC[N+]12CCN(CC1)CC2)Nc1sc2c(c1-c1nc3cnccc3s1)CCNC2.[HH].[HH]. The molecule has 0 aliphatic carbocycles. The van der Waals surface area contributed by atoms with E-state index >= 15 is 0 Å². The van der Waals surface area contributed by atoms with Crippen LogP contribution in [-0.2, 0) is 17.8 Å². The van der Waals surface area contributed by atoms with E-state index in [1.54, 1.807) is 22.7 Å². The average Bonchev–Trinajstić information content (AvgIpc) is 3.39. The van der Waals surface area contributed by atoms with Crippen LogP contribution in [0.2, 0.25) is 0 Å². The highest BCUT2D eigenvalue weighted by molar-refractivity contribution is 7.22. The molecular weight excluding hydrogens is 428 g/mol. The third-order valence-corrected chi connectivity index (χ3v) is 9.27. The van der Waals surface area contributed by atoms with Gasteiger partial charge in [-0.15, -0.1) is 22.7 Å². The topological polar surface area (TPSA) is 70.2 Å². The normalized spacial score (nSPS) is 25.0. The lowest BCUT2D eigenvalue weighted by molar-refractivity contribution is -0.940. The molecular formula is C22H31N6OS2+. The molecule has 3 aromatic rings. The molecule has 7 heterocycles. The number of hydrogen-bond acceptors (Lipinski definition) is 7. The minimum absolute atomic E-state index is 0. The Morgan fingerprint density at radius 1 is 1.26 bits per heavy atom. The van der Waals surface area contributed by atoms with Crippen molar-refractivity contribution in [1.29, 1.82) is 0 Å². The van der Waals surface area contributed by atoms with Crippen molar-refractivity contribution in [1.82, 2.24) is 20.2 Å². The third-order valence-electron chi connectivity index (χ3n) is 7.07. The molecule has 3 saturated heterocycles. The number of aromatic nitrogens is 2. The predicted octanol–water partition coefficient (Wildman–Crippen LogP) is 3.03. The molecule has 7 nitrogen and oxygen atoms in total. The van der Waals surface area contributed by atoms with E-state index in [1.807, 2.05) is 18.5 Å². The maximum absolute atomic E-state index is 13.0. The second-order valence-corrected chi connectivity index (χ2v) is 11.0. The second kappa shape index (κ2) is 7.90. The van der Waals surface area contributed by atoms with Crippen LogP contribution in [0.25, 0.3) is 20.8 Å². The molecule has 0 spiro atoms. The van der Waals surface area contributed by atoms with Crippen LogP contribution in [0.3, 0.4) is 0 Å². The van der Waals surface area contributed by atoms with Crippen molar-refractivity contribution in [3.63, 3.8) is 0 Å². The number of fused-ring (bicyclic) bond motifs is 5. The molecule has 0 radical (unpaired) electrons. The summed E-state index contributed by atoms with van der Waals surface area (Å²) in [6.45, 7) is 9.91. The molecule has 0 aromatic carbocycles. The lowest BCUT2D eigenvalue weighted by Gasteiger charge is -2.50. The Kier molecular flexibility index (Phi) is 5.03. The van der Waals surface area contributed by atoms with Crippen LogP contribution in [0.5, 0.6) is 0 Å². The van der Waals surface area contributed by atoms with Crippen LogP contribution in [0.1, 0.15) is 19.7 Å². The molecule has 3 fully saturated rings. The predicted molar refractivity (Wildman–Crippen MR) is 130 cm³/mol. The van der Waals surface area contributed by atoms with Crippen molar-refractivity contribution in [2.24, 2.45) is 0 Å². The number of carbonyl (C=O) groups is 1. The fraction of sp³-hybridized carbons (Fsp3) is 0.500. The summed E-state index contributed by atoms with van der Waals surface area (Å²) in [5.41, 5.74) is 3.41. The van der Waals surface area contributed by atoms with Gasteiger partial charge < -0.3 is 15.1 Å². The van der Waals surface area contributed by atoms with Crippen LogP contribution < -0.4 is 10.6 Å². The lowest BCUT2D eigenvalue weighted by Crippen LogP contribution is -2.67. The number of pyridine rings is 1. The van der Waals surface area contributed by atoms with Crippen molar-refractivity contribution < 1.29 is 12.1 Å². The molecule has 0 unspecified atom stereocenters. The maximum atomic E-state index is 13.0. The number of rotatable bonds is 5. The van der Waals surface area contributed by atoms with Crippen LogP contribution in [0.15, 0.2) is 18.5 Å². The molecule has 31 heavy (non-hydrogen) atoms. The molecule has 166 valence electrons. The number of piperazine rings is 3. The van der Waals surface area contributed by atoms with Gasteiger partial charge in [-0.2, -0.15) is 0 Å². The molecule has 4 aliphatic heterocycles. The molecule has 3 aromatic heterocycles. The molecule has 0 atom stereocenters. The van der Waals surface area contributed by atoms with Crippen molar-refractivity contribution in [2.45, 2.75) is 19.4 Å². The first-order valence-corrected chi connectivity index (χ1v) is 12.8. The summed E-state index contributed by atoms with van der Waals surface area (Å²) in [7, 11) is 0. The van der Waals surface area contributed by atoms with Crippen LogP contribution in [0.4, 0.5) is 5.00 Å². The quantitative estimate of drug-likeness (QED) is 0.574. The van der Waals surface area contributed by atoms with Gasteiger partial charge in [0, 0.05) is 45.7 Å². The Hall–Kier alpha value is -1.91. The Morgan fingerprint density at radius 3 is 2.90 bits per heavy atom. The van der Waals surface area contributed by atoms with E-state index in [0.29, 0.717) is 6.42 Å². The third kappa shape index (κ3) is 3.68. The molecule has 4 aliphatic rings. The van der Waals surface area contributed by atoms with E-state index in [4.69, 9.17) is 4.98 Å². The fourth-order valence-corrected chi connectivity index (χ4v) is 7.44. The van der Waals surface area contributed by atoms with Gasteiger partial charge in [-0.3, -0.25) is 14.7 Å². The molecule has 2 bridgehead atoms. The second-order valence-electron chi connectivity index (χ2n) is 8.87. The number of nitrogens with one attached hydrogen (secondary N) is 2. The Balaban J connectivity index is 0.00000130. The van der Waals surface area contributed by atoms with Crippen LogP contribution >= 0.6 is 22.7 Å². The zero-order valence-corrected chi connectivity index (χ0v) is 19.2. The van der Waals surface area contributed by atoms with Gasteiger partial charge in [0.05, 0.1) is 43.5 Å². The highest BCUT2D eigenvalue weighted by Crippen LogP contribution is 2.44. The molecule has 1 amide bonds. The Morgan fingerprint density at radius 2 is 2.10 bits per heavy atom. The van der Waals surface area contributed by atoms with Gasteiger partial charge in [-0.05, 0) is 24.6 Å². The lowest BCUT2D eigenvalue weighted by atomic mass is 10.0. The van der Waals surface area contributed by atoms with Gasteiger partial charge in [0.1, 0.15) is 15.5 Å². The molecule has 0 saturated carbocycles. The van der Waals surface area contributed by atoms with Crippen LogP contribution in [0, 0.1) is 0 Å². The number of thiazole rings is 1.